The number of alkyl halides is 1. The lowest BCUT2D eigenvalue weighted by Crippen LogP contribution is -2.32. The van der Waals surface area contributed by atoms with Gasteiger partial charge in [-0.3, -0.25) is 19.1 Å². The number of benzene rings is 1. The molecule has 1 amide bonds. The van der Waals surface area contributed by atoms with E-state index in [-0.39, 0.29) is 43.1 Å². The molecule has 11 nitrogen and oxygen atoms in total. The molecule has 1 aromatic rings. The van der Waals surface area contributed by atoms with Crippen LogP contribution in [0.5, 0.6) is 0 Å². The Labute approximate surface area is 183 Å². The topological polar surface area (TPSA) is 154 Å². The minimum Gasteiger partial charge on any atom is -0.396 e. The summed E-state index contributed by atoms with van der Waals surface area (Å²) in [5, 5.41) is 30.4. The highest BCUT2D eigenvalue weighted by Gasteiger charge is 2.27. The molecule has 0 bridgehead atoms. The van der Waals surface area contributed by atoms with Gasteiger partial charge in [-0.25, -0.2) is 0 Å². The Hall–Kier alpha value is -2.27. The maximum atomic E-state index is 12.8. The molecule has 1 N–H and O–H groups in total. The number of hydrogen-bond donors (Lipinski definition) is 1. The van der Waals surface area contributed by atoms with Crippen molar-refractivity contribution in [3.05, 3.63) is 33.4 Å². The van der Waals surface area contributed by atoms with Crippen LogP contribution in [0.4, 0.5) is 11.4 Å². The molecule has 0 fully saturated rings. The van der Waals surface area contributed by atoms with E-state index < -0.39 is 26.6 Å². The number of rotatable bonds is 12. The second-order valence-electron chi connectivity index (χ2n) is 6.26. The molecule has 0 unspecified atom stereocenters. The third-order valence-electron chi connectivity index (χ3n) is 4.01. The maximum Gasteiger partial charge on any atom is 0.283 e. The first-order valence-corrected chi connectivity index (χ1v) is 11.7. The Morgan fingerprint density at radius 3 is 2.53 bits per heavy atom. The fourth-order valence-corrected chi connectivity index (χ4v) is 3.42. The van der Waals surface area contributed by atoms with Crippen LogP contribution in [-0.2, 0) is 14.3 Å². The molecule has 0 spiro atoms. The van der Waals surface area contributed by atoms with Gasteiger partial charge in [0.25, 0.3) is 21.7 Å². The zero-order valence-electron chi connectivity index (χ0n) is 16.6. The van der Waals surface area contributed by atoms with Gasteiger partial charge >= 0.3 is 0 Å². The summed E-state index contributed by atoms with van der Waals surface area (Å²) in [5.74, 6) is -0.632. The number of halogens is 1. The first-order chi connectivity index (χ1) is 14.1. The van der Waals surface area contributed by atoms with Gasteiger partial charge in [0.2, 0.25) is 0 Å². The molecule has 0 aromatic heterocycles. The molecule has 0 radical (unpaired) electrons. The summed E-state index contributed by atoms with van der Waals surface area (Å²) in [6, 6.07) is 4.18. The average Bonchev–Trinajstić information content (AvgIpc) is 2.68. The highest BCUT2D eigenvalue weighted by molar-refractivity contribution is 9.09. The summed E-state index contributed by atoms with van der Waals surface area (Å²) < 4.78 is 27.2. The Bertz CT molecular complexity index is 917. The fraction of sp³-hybridized carbons (Fsp3) is 0.529. The molecule has 30 heavy (non-hydrogen) atoms. The first-order valence-electron chi connectivity index (χ1n) is 8.79. The molecular weight excluding hydrogens is 484 g/mol. The quantitative estimate of drug-likeness (QED) is 0.190. The summed E-state index contributed by atoms with van der Waals surface area (Å²) in [6.45, 7) is 0.243. The van der Waals surface area contributed by atoms with Gasteiger partial charge in [-0.15, -0.1) is 0 Å². The van der Waals surface area contributed by atoms with E-state index in [9.17, 15) is 28.6 Å². The summed E-state index contributed by atoms with van der Waals surface area (Å²) in [7, 11) is -2.21. The Morgan fingerprint density at radius 2 is 2.03 bits per heavy atom. The van der Waals surface area contributed by atoms with Crippen molar-refractivity contribution in [1.29, 1.82) is 5.26 Å². The Morgan fingerprint density at radius 1 is 1.37 bits per heavy atom. The van der Waals surface area contributed by atoms with Crippen molar-refractivity contribution in [2.75, 3.05) is 56.4 Å². The number of anilines is 1. The summed E-state index contributed by atoms with van der Waals surface area (Å²) in [6.07, 6.45) is 1.21. The van der Waals surface area contributed by atoms with Crippen molar-refractivity contribution in [2.24, 2.45) is 0 Å². The van der Waals surface area contributed by atoms with Crippen molar-refractivity contribution in [2.45, 2.75) is 6.42 Å². The monoisotopic (exact) mass is 506 g/mol. The van der Waals surface area contributed by atoms with Crippen LogP contribution < -0.4 is 4.90 Å². The van der Waals surface area contributed by atoms with E-state index in [0.29, 0.717) is 18.3 Å². The number of carbonyl (C=O) groups excluding carboxylic acids is 1. The SMILES string of the molecule is CN(CCCO)C(=O)c1cc(N(CCBr)CCOS(C)(=O)=O)c(C#N)cc1[N+](=O)[O-]. The lowest BCUT2D eigenvalue weighted by atomic mass is 10.0. The average molecular weight is 507 g/mol. The maximum absolute atomic E-state index is 12.8. The highest BCUT2D eigenvalue weighted by Crippen LogP contribution is 2.30. The molecule has 1 rings (SSSR count). The smallest absolute Gasteiger partial charge is 0.283 e. The van der Waals surface area contributed by atoms with Crippen molar-refractivity contribution in [1.82, 2.24) is 4.90 Å². The van der Waals surface area contributed by atoms with E-state index in [1.807, 2.05) is 6.07 Å². The van der Waals surface area contributed by atoms with Crippen LogP contribution in [0, 0.1) is 21.4 Å². The second-order valence-corrected chi connectivity index (χ2v) is 8.70. The molecule has 0 saturated heterocycles. The minimum absolute atomic E-state index is 0.0310. The predicted octanol–water partition coefficient (Wildman–Crippen LogP) is 1.10. The fourth-order valence-electron chi connectivity index (χ4n) is 2.62. The lowest BCUT2D eigenvalue weighted by molar-refractivity contribution is -0.385. The van der Waals surface area contributed by atoms with Crippen LogP contribution in [0.2, 0.25) is 0 Å². The normalized spacial score (nSPS) is 11.0. The molecule has 0 aliphatic carbocycles. The first kappa shape index (κ1) is 25.8. The van der Waals surface area contributed by atoms with Crippen molar-refractivity contribution < 1.29 is 27.4 Å². The van der Waals surface area contributed by atoms with Crippen molar-refractivity contribution in [3.63, 3.8) is 0 Å². The van der Waals surface area contributed by atoms with Crippen LogP contribution in [-0.4, -0.2) is 80.7 Å². The minimum atomic E-state index is -3.67. The largest absolute Gasteiger partial charge is 0.396 e. The number of nitro benzene ring substituents is 1. The number of aliphatic hydroxyl groups excluding tert-OH is 1. The third kappa shape index (κ3) is 7.52. The molecule has 0 atom stereocenters. The second kappa shape index (κ2) is 11.8. The van der Waals surface area contributed by atoms with Gasteiger partial charge in [-0.2, -0.15) is 13.7 Å². The van der Waals surface area contributed by atoms with Crippen molar-refractivity contribution in [3.8, 4) is 6.07 Å². The number of nitro groups is 1. The molecule has 13 heteroatoms. The highest BCUT2D eigenvalue weighted by atomic mass is 79.9. The third-order valence-corrected chi connectivity index (χ3v) is 4.96. The van der Waals surface area contributed by atoms with Gasteiger partial charge < -0.3 is 14.9 Å². The van der Waals surface area contributed by atoms with Crippen LogP contribution >= 0.6 is 15.9 Å². The van der Waals surface area contributed by atoms with Gasteiger partial charge in [-0.05, 0) is 12.5 Å². The van der Waals surface area contributed by atoms with E-state index in [2.05, 4.69) is 15.9 Å². The standard InChI is InChI=1S/C17H23BrN4O7S/c1-20(5-3-8-23)17(24)14-11-15(13(12-19)10-16(14)22(25)26)21(6-4-18)7-9-29-30(2,27)28/h10-11,23H,3-9H2,1-2H3. The van der Waals surface area contributed by atoms with Gasteiger partial charge in [0.05, 0.1) is 29.0 Å². The van der Waals surface area contributed by atoms with E-state index >= 15 is 0 Å². The van der Waals surface area contributed by atoms with Gasteiger partial charge in [0.15, 0.2) is 0 Å². The zero-order chi connectivity index (χ0) is 22.9. The number of hydrogen-bond acceptors (Lipinski definition) is 9. The van der Waals surface area contributed by atoms with Crippen molar-refractivity contribution >= 4 is 43.3 Å². The van der Waals surface area contributed by atoms with Gasteiger partial charge in [0, 0.05) is 44.7 Å². The Kier molecular flexibility index (Phi) is 10.1. The number of amides is 1. The van der Waals surface area contributed by atoms with Crippen LogP contribution in [0.1, 0.15) is 22.3 Å². The number of aliphatic hydroxyl groups is 1. The molecule has 0 aliphatic heterocycles. The van der Waals surface area contributed by atoms with Gasteiger partial charge in [0.1, 0.15) is 11.6 Å². The molecule has 1 aromatic carbocycles. The molecule has 0 heterocycles. The van der Waals surface area contributed by atoms with Crippen LogP contribution in [0.15, 0.2) is 12.1 Å². The molecular formula is C17H23BrN4O7S. The summed E-state index contributed by atoms with van der Waals surface area (Å²) >= 11 is 3.27. The predicted molar refractivity (Wildman–Crippen MR) is 113 cm³/mol. The number of nitriles is 1. The summed E-state index contributed by atoms with van der Waals surface area (Å²) in [5.41, 5.74) is -0.504. The van der Waals surface area contributed by atoms with E-state index in [0.717, 1.165) is 12.3 Å². The number of carbonyl (C=O) groups is 1. The summed E-state index contributed by atoms with van der Waals surface area (Å²) in [4.78, 5) is 26.4. The van der Waals surface area contributed by atoms with Crippen LogP contribution in [0.25, 0.3) is 0 Å². The van der Waals surface area contributed by atoms with E-state index in [4.69, 9.17) is 9.29 Å². The van der Waals surface area contributed by atoms with E-state index in [1.165, 1.54) is 18.0 Å². The zero-order valence-corrected chi connectivity index (χ0v) is 19.0. The van der Waals surface area contributed by atoms with E-state index in [1.54, 1.807) is 4.90 Å². The Balaban J connectivity index is 3.42. The molecule has 0 saturated carbocycles. The molecule has 166 valence electrons. The molecule has 0 aliphatic rings. The van der Waals surface area contributed by atoms with Crippen LogP contribution in [0.3, 0.4) is 0 Å². The number of nitrogens with zero attached hydrogens (tertiary/aromatic N) is 4. The van der Waals surface area contributed by atoms with Gasteiger partial charge in [-0.1, -0.05) is 15.9 Å². The lowest BCUT2D eigenvalue weighted by Gasteiger charge is -2.26.